The van der Waals surface area contributed by atoms with Gasteiger partial charge in [0, 0.05) is 5.56 Å². The number of aromatic hydroxyl groups is 2. The van der Waals surface area contributed by atoms with Crippen LogP contribution in [0.25, 0.3) is 11.1 Å². The average molecular weight is 242 g/mol. The molecule has 0 heterocycles. The van der Waals surface area contributed by atoms with E-state index in [9.17, 15) is 10.2 Å². The molecule has 0 aliphatic rings. The zero-order valence-corrected chi connectivity index (χ0v) is 10.8. The van der Waals surface area contributed by atoms with Gasteiger partial charge in [0.2, 0.25) is 0 Å². The van der Waals surface area contributed by atoms with Crippen molar-refractivity contribution in [2.75, 3.05) is 0 Å². The highest BCUT2D eigenvalue weighted by molar-refractivity contribution is 5.75. The van der Waals surface area contributed by atoms with Gasteiger partial charge in [-0.2, -0.15) is 0 Å². The van der Waals surface area contributed by atoms with Crippen LogP contribution in [0.3, 0.4) is 0 Å². The van der Waals surface area contributed by atoms with Crippen molar-refractivity contribution in [1.29, 1.82) is 0 Å². The predicted octanol–water partition coefficient (Wildman–Crippen LogP) is 3.89. The van der Waals surface area contributed by atoms with Gasteiger partial charge in [-0.15, -0.1) is 0 Å². The standard InChI is InChI=1S/C16H18O2/c1-3-11-10-14(17)16(18)13(4-2)15(11)12-8-6-5-7-9-12/h5-10,17-18H,3-4H2,1-2H3. The van der Waals surface area contributed by atoms with Crippen molar-refractivity contribution in [3.05, 3.63) is 47.5 Å². The van der Waals surface area contributed by atoms with Gasteiger partial charge in [-0.25, -0.2) is 0 Å². The summed E-state index contributed by atoms with van der Waals surface area (Å²) in [6.45, 7) is 4.04. The second-order valence-electron chi connectivity index (χ2n) is 4.33. The molecule has 2 heteroatoms. The minimum atomic E-state index is -0.0246. The largest absolute Gasteiger partial charge is 0.504 e. The lowest BCUT2D eigenvalue weighted by Gasteiger charge is -2.16. The molecule has 2 N–H and O–H groups in total. The van der Waals surface area contributed by atoms with Crippen LogP contribution in [0.15, 0.2) is 36.4 Å². The fourth-order valence-electron chi connectivity index (χ4n) is 2.36. The van der Waals surface area contributed by atoms with Crippen LogP contribution in [0, 0.1) is 0 Å². The molecule has 0 unspecified atom stereocenters. The first-order valence-corrected chi connectivity index (χ1v) is 6.31. The molecule has 0 amide bonds. The first-order chi connectivity index (χ1) is 8.69. The summed E-state index contributed by atoms with van der Waals surface area (Å²) in [6, 6.07) is 11.7. The molecule has 0 aliphatic heterocycles. The van der Waals surface area contributed by atoms with Crippen LogP contribution in [-0.4, -0.2) is 10.2 Å². The Morgan fingerprint density at radius 2 is 1.61 bits per heavy atom. The summed E-state index contributed by atoms with van der Waals surface area (Å²) in [5.41, 5.74) is 4.02. The minimum absolute atomic E-state index is 0.00792. The molecule has 0 saturated heterocycles. The number of hydrogen-bond acceptors (Lipinski definition) is 2. The Balaban J connectivity index is 2.75. The van der Waals surface area contributed by atoms with E-state index in [0.717, 1.165) is 28.7 Å². The highest BCUT2D eigenvalue weighted by Gasteiger charge is 2.16. The maximum Gasteiger partial charge on any atom is 0.161 e. The van der Waals surface area contributed by atoms with Crippen molar-refractivity contribution in [2.24, 2.45) is 0 Å². The second kappa shape index (κ2) is 5.13. The number of phenols is 2. The molecule has 2 rings (SSSR count). The molecule has 0 fully saturated rings. The first kappa shape index (κ1) is 12.5. The molecule has 0 spiro atoms. The van der Waals surface area contributed by atoms with Gasteiger partial charge in [0.25, 0.3) is 0 Å². The molecule has 2 aromatic rings. The molecule has 94 valence electrons. The topological polar surface area (TPSA) is 40.5 Å². The number of hydrogen-bond donors (Lipinski definition) is 2. The summed E-state index contributed by atoms with van der Waals surface area (Å²) in [6.07, 6.45) is 1.52. The SMILES string of the molecule is CCc1cc(O)c(O)c(CC)c1-c1ccccc1. The van der Waals surface area contributed by atoms with E-state index in [-0.39, 0.29) is 11.5 Å². The fraction of sp³-hybridized carbons (Fsp3) is 0.250. The van der Waals surface area contributed by atoms with Crippen LogP contribution in [0.4, 0.5) is 0 Å². The lowest BCUT2D eigenvalue weighted by molar-refractivity contribution is 0.399. The molecule has 0 radical (unpaired) electrons. The first-order valence-electron chi connectivity index (χ1n) is 6.31. The molecule has 0 bridgehead atoms. The van der Waals surface area contributed by atoms with Gasteiger partial charge in [0.15, 0.2) is 11.5 Å². The summed E-state index contributed by atoms with van der Waals surface area (Å²) >= 11 is 0. The van der Waals surface area contributed by atoms with Crippen LogP contribution in [0.2, 0.25) is 0 Å². The average Bonchev–Trinajstić information content (AvgIpc) is 2.42. The molecule has 0 atom stereocenters. The Bertz CT molecular complexity index is 545. The van der Waals surface area contributed by atoms with Crippen LogP contribution in [-0.2, 0) is 12.8 Å². The Morgan fingerprint density at radius 3 is 2.17 bits per heavy atom. The van der Waals surface area contributed by atoms with E-state index in [2.05, 4.69) is 6.92 Å². The Hall–Kier alpha value is -1.96. The Morgan fingerprint density at radius 1 is 0.944 bits per heavy atom. The molecule has 0 saturated carbocycles. The van der Waals surface area contributed by atoms with Gasteiger partial charge in [-0.3, -0.25) is 0 Å². The predicted molar refractivity (Wildman–Crippen MR) is 74.0 cm³/mol. The van der Waals surface area contributed by atoms with E-state index in [1.54, 1.807) is 6.07 Å². The van der Waals surface area contributed by atoms with Crippen molar-refractivity contribution < 1.29 is 10.2 Å². The lowest BCUT2D eigenvalue weighted by atomic mass is 9.91. The number of benzene rings is 2. The number of phenolic OH excluding ortho intramolecular Hbond substituents is 2. The van der Waals surface area contributed by atoms with Crippen LogP contribution < -0.4 is 0 Å². The summed E-state index contributed by atoms with van der Waals surface area (Å²) in [7, 11) is 0. The van der Waals surface area contributed by atoms with E-state index in [0.29, 0.717) is 6.42 Å². The van der Waals surface area contributed by atoms with Crippen molar-refractivity contribution in [1.82, 2.24) is 0 Å². The molecule has 2 nitrogen and oxygen atoms in total. The maximum absolute atomic E-state index is 10.0. The van der Waals surface area contributed by atoms with Gasteiger partial charge >= 0.3 is 0 Å². The van der Waals surface area contributed by atoms with Crippen LogP contribution in [0.5, 0.6) is 11.5 Å². The Kier molecular flexibility index (Phi) is 3.56. The zero-order valence-electron chi connectivity index (χ0n) is 10.8. The molecule has 0 aromatic heterocycles. The summed E-state index contributed by atoms with van der Waals surface area (Å²) in [4.78, 5) is 0. The highest BCUT2D eigenvalue weighted by Crippen LogP contribution is 2.40. The van der Waals surface area contributed by atoms with Crippen molar-refractivity contribution in [2.45, 2.75) is 26.7 Å². The normalized spacial score (nSPS) is 10.6. The number of rotatable bonds is 3. The van der Waals surface area contributed by atoms with E-state index in [1.165, 1.54) is 0 Å². The Labute approximate surface area is 108 Å². The van der Waals surface area contributed by atoms with Gasteiger partial charge < -0.3 is 10.2 Å². The highest BCUT2D eigenvalue weighted by atomic mass is 16.3. The van der Waals surface area contributed by atoms with Gasteiger partial charge in [0.1, 0.15) is 0 Å². The molecular formula is C16H18O2. The minimum Gasteiger partial charge on any atom is -0.504 e. The molecular weight excluding hydrogens is 224 g/mol. The van der Waals surface area contributed by atoms with Crippen molar-refractivity contribution >= 4 is 0 Å². The van der Waals surface area contributed by atoms with Crippen LogP contribution >= 0.6 is 0 Å². The van der Waals surface area contributed by atoms with Crippen molar-refractivity contribution in [3.8, 4) is 22.6 Å². The van der Waals surface area contributed by atoms with E-state index in [4.69, 9.17) is 0 Å². The molecule has 0 aliphatic carbocycles. The summed E-state index contributed by atoms with van der Waals surface area (Å²) < 4.78 is 0. The third-order valence-electron chi connectivity index (χ3n) is 3.26. The monoisotopic (exact) mass is 242 g/mol. The van der Waals surface area contributed by atoms with E-state index in [1.807, 2.05) is 37.3 Å². The third kappa shape index (κ3) is 2.06. The van der Waals surface area contributed by atoms with E-state index >= 15 is 0 Å². The van der Waals surface area contributed by atoms with Crippen LogP contribution in [0.1, 0.15) is 25.0 Å². The fourth-order valence-corrected chi connectivity index (χ4v) is 2.36. The quantitative estimate of drug-likeness (QED) is 0.802. The van der Waals surface area contributed by atoms with Gasteiger partial charge in [-0.1, -0.05) is 44.2 Å². The van der Waals surface area contributed by atoms with Crippen molar-refractivity contribution in [3.63, 3.8) is 0 Å². The zero-order chi connectivity index (χ0) is 13.1. The molecule has 18 heavy (non-hydrogen) atoms. The van der Waals surface area contributed by atoms with Gasteiger partial charge in [0.05, 0.1) is 0 Å². The lowest BCUT2D eigenvalue weighted by Crippen LogP contribution is -1.95. The van der Waals surface area contributed by atoms with Gasteiger partial charge in [-0.05, 0) is 35.6 Å². The smallest absolute Gasteiger partial charge is 0.161 e. The van der Waals surface area contributed by atoms with E-state index < -0.39 is 0 Å². The number of aryl methyl sites for hydroxylation is 1. The summed E-state index contributed by atoms with van der Waals surface area (Å²) in [5, 5.41) is 19.8. The molecule has 2 aromatic carbocycles. The summed E-state index contributed by atoms with van der Waals surface area (Å²) in [5.74, 6) is -0.0167. The third-order valence-corrected chi connectivity index (χ3v) is 3.26. The second-order valence-corrected chi connectivity index (χ2v) is 4.33. The maximum atomic E-state index is 10.0.